The molecule has 3 heteroatoms. The Hall–Kier alpha value is -1.01. The standard InChI is InChI=1S/C21H37N3/c1-8-15(4)23-19-16(13-22)20-18(24(20)7)12-17(19)21(5,6)11-9-10-14(2)3/h14,16-20,23H,4,8-12H2,1-3,5-7H3. The SMILES string of the molecule is C=C(CC)NC1C(C#N)C2C(CC1C(C)(C)CCCC(C)C)N2C. The largest absolute Gasteiger partial charge is 0.384 e. The Bertz CT molecular complexity index is 488. The maximum absolute atomic E-state index is 9.85. The minimum absolute atomic E-state index is 0.0754. The minimum Gasteiger partial charge on any atom is -0.384 e. The van der Waals surface area contributed by atoms with E-state index in [4.69, 9.17) is 0 Å². The third-order valence-corrected chi connectivity index (χ3v) is 6.53. The highest BCUT2D eigenvalue weighted by atomic mass is 15.3. The van der Waals surface area contributed by atoms with Gasteiger partial charge in [-0.25, -0.2) is 0 Å². The van der Waals surface area contributed by atoms with Gasteiger partial charge in [0.25, 0.3) is 0 Å². The van der Waals surface area contributed by atoms with E-state index in [-0.39, 0.29) is 17.4 Å². The van der Waals surface area contributed by atoms with Gasteiger partial charge in [0.05, 0.1) is 12.0 Å². The summed E-state index contributed by atoms with van der Waals surface area (Å²) < 4.78 is 0. The van der Waals surface area contributed by atoms with Crippen molar-refractivity contribution in [2.75, 3.05) is 7.05 Å². The van der Waals surface area contributed by atoms with Gasteiger partial charge in [-0.2, -0.15) is 5.26 Å². The summed E-state index contributed by atoms with van der Waals surface area (Å²) >= 11 is 0. The third-order valence-electron chi connectivity index (χ3n) is 6.53. The topological polar surface area (TPSA) is 38.8 Å². The van der Waals surface area contributed by atoms with Crippen LogP contribution < -0.4 is 5.32 Å². The smallest absolute Gasteiger partial charge is 0.0837 e. The first-order chi connectivity index (χ1) is 11.2. The fraction of sp³-hybridized carbons (Fsp3) is 0.857. The van der Waals surface area contributed by atoms with Crippen molar-refractivity contribution >= 4 is 0 Å². The monoisotopic (exact) mass is 331 g/mol. The first kappa shape index (κ1) is 19.3. The molecule has 2 aliphatic rings. The molecule has 6 atom stereocenters. The number of nitrogens with one attached hydrogen (secondary N) is 1. The molecule has 0 aromatic heterocycles. The zero-order chi connectivity index (χ0) is 18.1. The van der Waals surface area contributed by atoms with Crippen LogP contribution in [0.1, 0.15) is 66.7 Å². The second kappa shape index (κ2) is 7.48. The number of likely N-dealkylation sites (tertiary alicyclic amines) is 1. The van der Waals surface area contributed by atoms with Gasteiger partial charge in [0.15, 0.2) is 0 Å². The van der Waals surface area contributed by atoms with Crippen LogP contribution in [0.25, 0.3) is 0 Å². The van der Waals surface area contributed by atoms with Crippen LogP contribution in [0, 0.1) is 34.5 Å². The van der Waals surface area contributed by atoms with Crippen molar-refractivity contribution in [3.05, 3.63) is 12.3 Å². The number of likely N-dealkylation sites (N-methyl/N-ethyl adjacent to an activating group) is 1. The predicted octanol–water partition coefficient (Wildman–Crippen LogP) is 4.56. The van der Waals surface area contributed by atoms with Crippen molar-refractivity contribution in [3.63, 3.8) is 0 Å². The summed E-state index contributed by atoms with van der Waals surface area (Å²) in [5.41, 5.74) is 1.33. The van der Waals surface area contributed by atoms with E-state index in [0.717, 1.165) is 18.0 Å². The van der Waals surface area contributed by atoms with Gasteiger partial charge in [-0.1, -0.05) is 54.0 Å². The quantitative estimate of drug-likeness (QED) is 0.663. The van der Waals surface area contributed by atoms with Crippen LogP contribution in [0.4, 0.5) is 0 Å². The van der Waals surface area contributed by atoms with Gasteiger partial charge in [-0.15, -0.1) is 0 Å². The van der Waals surface area contributed by atoms with Gasteiger partial charge in [-0.05, 0) is 43.6 Å². The van der Waals surface area contributed by atoms with Gasteiger partial charge in [0.1, 0.15) is 0 Å². The van der Waals surface area contributed by atoms with Crippen molar-refractivity contribution in [2.24, 2.45) is 23.2 Å². The van der Waals surface area contributed by atoms with E-state index in [0.29, 0.717) is 18.0 Å². The lowest BCUT2D eigenvalue weighted by Gasteiger charge is -2.44. The normalized spacial score (nSPS) is 35.2. The molecule has 0 amide bonds. The van der Waals surface area contributed by atoms with Gasteiger partial charge >= 0.3 is 0 Å². The lowest BCUT2D eigenvalue weighted by atomic mass is 9.63. The van der Waals surface area contributed by atoms with Gasteiger partial charge in [0.2, 0.25) is 0 Å². The van der Waals surface area contributed by atoms with E-state index in [9.17, 15) is 5.26 Å². The van der Waals surface area contributed by atoms with Crippen molar-refractivity contribution in [3.8, 4) is 6.07 Å². The Balaban J connectivity index is 2.16. The molecule has 1 saturated heterocycles. The molecule has 1 saturated carbocycles. The fourth-order valence-corrected chi connectivity index (χ4v) is 4.74. The molecule has 2 rings (SSSR count). The van der Waals surface area contributed by atoms with Crippen LogP contribution in [0.2, 0.25) is 0 Å². The molecule has 1 aliphatic carbocycles. The van der Waals surface area contributed by atoms with Crippen molar-refractivity contribution in [1.29, 1.82) is 5.26 Å². The highest BCUT2D eigenvalue weighted by Gasteiger charge is 2.60. The van der Waals surface area contributed by atoms with Gasteiger partial charge in [0, 0.05) is 23.8 Å². The summed E-state index contributed by atoms with van der Waals surface area (Å²) in [6.07, 6.45) is 5.96. The minimum atomic E-state index is 0.0754. The van der Waals surface area contributed by atoms with Crippen LogP contribution in [0.15, 0.2) is 12.3 Å². The van der Waals surface area contributed by atoms with Crippen LogP contribution in [-0.2, 0) is 0 Å². The van der Waals surface area contributed by atoms with Crippen molar-refractivity contribution < 1.29 is 0 Å². The van der Waals surface area contributed by atoms with Crippen molar-refractivity contribution in [2.45, 2.75) is 84.8 Å². The zero-order valence-electron chi connectivity index (χ0n) is 16.6. The number of nitrogens with zero attached hydrogens (tertiary/aromatic N) is 2. The number of nitriles is 1. The molecule has 0 bridgehead atoms. The van der Waals surface area contributed by atoms with E-state index < -0.39 is 0 Å². The zero-order valence-corrected chi connectivity index (χ0v) is 16.6. The molecular weight excluding hydrogens is 294 g/mol. The van der Waals surface area contributed by atoms with Gasteiger partial charge in [-0.3, -0.25) is 4.90 Å². The maximum atomic E-state index is 9.85. The Morgan fingerprint density at radius 1 is 1.42 bits per heavy atom. The molecule has 3 nitrogen and oxygen atoms in total. The Morgan fingerprint density at radius 2 is 2.08 bits per heavy atom. The number of allylic oxidation sites excluding steroid dienone is 1. The highest BCUT2D eigenvalue weighted by Crippen LogP contribution is 2.51. The first-order valence-corrected chi connectivity index (χ1v) is 9.78. The molecule has 24 heavy (non-hydrogen) atoms. The summed E-state index contributed by atoms with van der Waals surface area (Å²) in [6, 6.07) is 3.93. The molecule has 2 fully saturated rings. The molecule has 136 valence electrons. The molecule has 0 spiro atoms. The molecule has 0 aromatic carbocycles. The average molecular weight is 332 g/mol. The van der Waals surface area contributed by atoms with Gasteiger partial charge < -0.3 is 5.32 Å². The summed E-state index contributed by atoms with van der Waals surface area (Å²) in [5, 5.41) is 13.5. The average Bonchev–Trinajstić information content (AvgIpc) is 3.15. The Labute approximate surface area is 149 Å². The van der Waals surface area contributed by atoms with E-state index >= 15 is 0 Å². The molecule has 6 unspecified atom stereocenters. The molecule has 0 aromatic rings. The summed E-state index contributed by atoms with van der Waals surface area (Å²) in [4.78, 5) is 2.40. The van der Waals surface area contributed by atoms with E-state index in [2.05, 4.69) is 64.5 Å². The fourth-order valence-electron chi connectivity index (χ4n) is 4.74. The second-order valence-corrected chi connectivity index (χ2v) is 9.12. The van der Waals surface area contributed by atoms with Crippen molar-refractivity contribution in [1.82, 2.24) is 10.2 Å². The summed E-state index contributed by atoms with van der Waals surface area (Å²) in [6.45, 7) is 15.7. The number of fused-ring (bicyclic) bond motifs is 1. The lowest BCUT2D eigenvalue weighted by Crippen LogP contribution is -2.51. The Morgan fingerprint density at radius 3 is 2.62 bits per heavy atom. The predicted molar refractivity (Wildman–Crippen MR) is 101 cm³/mol. The second-order valence-electron chi connectivity index (χ2n) is 9.12. The van der Waals surface area contributed by atoms with E-state index in [1.165, 1.54) is 25.7 Å². The summed E-state index contributed by atoms with van der Waals surface area (Å²) in [7, 11) is 2.18. The first-order valence-electron chi connectivity index (χ1n) is 9.78. The number of rotatable bonds is 8. The van der Waals surface area contributed by atoms with Crippen LogP contribution >= 0.6 is 0 Å². The highest BCUT2D eigenvalue weighted by molar-refractivity contribution is 5.21. The Kier molecular flexibility index (Phi) is 6.02. The third kappa shape index (κ3) is 3.97. The number of hydrogen-bond donors (Lipinski definition) is 1. The molecular formula is C21H37N3. The van der Waals surface area contributed by atoms with E-state index in [1.807, 2.05) is 0 Å². The number of hydrogen-bond acceptors (Lipinski definition) is 3. The molecule has 0 radical (unpaired) electrons. The van der Waals surface area contributed by atoms with Crippen LogP contribution in [0.3, 0.4) is 0 Å². The maximum Gasteiger partial charge on any atom is 0.0837 e. The van der Waals surface area contributed by atoms with Crippen LogP contribution in [-0.4, -0.2) is 30.1 Å². The summed E-state index contributed by atoms with van der Waals surface area (Å²) in [5.74, 6) is 1.38. The molecule has 1 heterocycles. The lowest BCUT2D eigenvalue weighted by molar-refractivity contribution is 0.100. The van der Waals surface area contributed by atoms with Crippen LogP contribution in [0.5, 0.6) is 0 Å². The van der Waals surface area contributed by atoms with E-state index in [1.54, 1.807) is 0 Å². The molecule has 1 aliphatic heterocycles. The molecule has 1 N–H and O–H groups in total.